The van der Waals surface area contributed by atoms with Crippen molar-refractivity contribution in [3.05, 3.63) is 66.2 Å². The molecule has 0 aliphatic rings. The minimum absolute atomic E-state index is 0.162. The van der Waals surface area contributed by atoms with Crippen molar-refractivity contribution in [2.45, 2.75) is 13.8 Å². The molecule has 6 heteroatoms. The van der Waals surface area contributed by atoms with Gasteiger partial charge in [-0.2, -0.15) is 4.98 Å². The van der Waals surface area contributed by atoms with E-state index in [1.165, 1.54) is 12.1 Å². The van der Waals surface area contributed by atoms with Gasteiger partial charge < -0.3 is 10.2 Å². The number of halogens is 2. The Hall–Kier alpha value is -3.02. The molecule has 4 nitrogen and oxygen atoms in total. The number of anilines is 3. The Morgan fingerprint density at radius 1 is 0.923 bits per heavy atom. The average molecular weight is 354 g/mol. The molecule has 0 fully saturated rings. The number of aromatic nitrogens is 2. The van der Waals surface area contributed by atoms with Crippen LogP contribution in [0.4, 0.5) is 26.2 Å². The maximum Gasteiger partial charge on any atom is 0.227 e. The van der Waals surface area contributed by atoms with Gasteiger partial charge >= 0.3 is 0 Å². The van der Waals surface area contributed by atoms with E-state index in [0.717, 1.165) is 30.4 Å². The Labute approximate surface area is 151 Å². The molecule has 0 spiro atoms. The van der Waals surface area contributed by atoms with Gasteiger partial charge in [0.25, 0.3) is 0 Å². The molecular weight excluding hydrogens is 334 g/mol. The maximum absolute atomic E-state index is 14.0. The fourth-order valence-electron chi connectivity index (χ4n) is 2.63. The van der Waals surface area contributed by atoms with Gasteiger partial charge in [-0.3, -0.25) is 0 Å². The van der Waals surface area contributed by atoms with E-state index in [9.17, 15) is 8.78 Å². The van der Waals surface area contributed by atoms with Crippen LogP contribution in [-0.2, 0) is 0 Å². The van der Waals surface area contributed by atoms with Crippen molar-refractivity contribution in [3.63, 3.8) is 0 Å². The smallest absolute Gasteiger partial charge is 0.227 e. The second kappa shape index (κ2) is 7.91. The van der Waals surface area contributed by atoms with Crippen molar-refractivity contribution in [1.29, 1.82) is 0 Å². The van der Waals surface area contributed by atoms with Crippen molar-refractivity contribution < 1.29 is 8.78 Å². The quantitative estimate of drug-likeness (QED) is 0.675. The zero-order chi connectivity index (χ0) is 18.5. The highest BCUT2D eigenvalue weighted by atomic mass is 19.1. The van der Waals surface area contributed by atoms with Crippen molar-refractivity contribution >= 4 is 17.5 Å². The van der Waals surface area contributed by atoms with E-state index in [-0.39, 0.29) is 5.69 Å². The van der Waals surface area contributed by atoms with Crippen LogP contribution >= 0.6 is 0 Å². The fourth-order valence-corrected chi connectivity index (χ4v) is 2.63. The number of hydrogen-bond acceptors (Lipinski definition) is 4. The molecule has 0 amide bonds. The van der Waals surface area contributed by atoms with Crippen molar-refractivity contribution in [3.8, 4) is 11.3 Å². The van der Waals surface area contributed by atoms with Crippen LogP contribution in [0.5, 0.6) is 0 Å². The Morgan fingerprint density at radius 3 is 2.31 bits per heavy atom. The first-order valence-electron chi connectivity index (χ1n) is 8.52. The molecule has 0 saturated heterocycles. The van der Waals surface area contributed by atoms with Crippen LogP contribution in [0.15, 0.2) is 54.6 Å². The highest BCUT2D eigenvalue weighted by Crippen LogP contribution is 2.26. The van der Waals surface area contributed by atoms with Gasteiger partial charge in [0.05, 0.1) is 11.4 Å². The standard InChI is InChI=1S/C20H20F2N4/c1-3-26(4-2)20-24-18(14-8-6-5-7-9-14)13-19(25-20)23-17-11-10-15(21)12-16(17)22/h5-13H,3-4H2,1-2H3,(H,23,24,25). The number of nitrogens with one attached hydrogen (secondary N) is 1. The summed E-state index contributed by atoms with van der Waals surface area (Å²) in [6.07, 6.45) is 0. The predicted molar refractivity (Wildman–Crippen MR) is 101 cm³/mol. The molecule has 0 saturated carbocycles. The van der Waals surface area contributed by atoms with Crippen LogP contribution in [0.25, 0.3) is 11.3 Å². The van der Waals surface area contributed by atoms with Gasteiger partial charge in [0, 0.05) is 30.8 Å². The van der Waals surface area contributed by atoms with Gasteiger partial charge in [-0.15, -0.1) is 0 Å². The lowest BCUT2D eigenvalue weighted by Crippen LogP contribution is -2.24. The van der Waals surface area contributed by atoms with E-state index in [1.807, 2.05) is 49.1 Å². The first-order valence-corrected chi connectivity index (χ1v) is 8.52. The van der Waals surface area contributed by atoms with E-state index in [2.05, 4.69) is 15.3 Å². The van der Waals surface area contributed by atoms with E-state index in [1.54, 1.807) is 6.07 Å². The van der Waals surface area contributed by atoms with Crippen LogP contribution in [0.2, 0.25) is 0 Å². The molecule has 1 N–H and O–H groups in total. The molecule has 0 aliphatic carbocycles. The van der Waals surface area contributed by atoms with Crippen LogP contribution in [0.3, 0.4) is 0 Å². The number of benzene rings is 2. The maximum atomic E-state index is 14.0. The molecule has 134 valence electrons. The Balaban J connectivity index is 2.04. The van der Waals surface area contributed by atoms with E-state index in [4.69, 9.17) is 0 Å². The molecule has 26 heavy (non-hydrogen) atoms. The first kappa shape index (κ1) is 17.8. The van der Waals surface area contributed by atoms with Crippen LogP contribution in [-0.4, -0.2) is 23.1 Å². The average Bonchev–Trinajstić information content (AvgIpc) is 2.66. The molecule has 1 aromatic heterocycles. The largest absolute Gasteiger partial charge is 0.341 e. The predicted octanol–water partition coefficient (Wildman–Crippen LogP) is 5.01. The molecule has 3 aromatic rings. The zero-order valence-corrected chi connectivity index (χ0v) is 14.7. The monoisotopic (exact) mass is 354 g/mol. The van der Waals surface area contributed by atoms with E-state index < -0.39 is 11.6 Å². The van der Waals surface area contributed by atoms with Gasteiger partial charge in [-0.1, -0.05) is 30.3 Å². The summed E-state index contributed by atoms with van der Waals surface area (Å²) >= 11 is 0. The zero-order valence-electron chi connectivity index (χ0n) is 14.7. The number of hydrogen-bond donors (Lipinski definition) is 1. The van der Waals surface area contributed by atoms with Gasteiger partial charge in [0.2, 0.25) is 5.95 Å². The fraction of sp³-hybridized carbons (Fsp3) is 0.200. The summed E-state index contributed by atoms with van der Waals surface area (Å²) in [6.45, 7) is 5.54. The van der Waals surface area contributed by atoms with Crippen LogP contribution < -0.4 is 10.2 Å². The third-order valence-corrected chi connectivity index (χ3v) is 4.02. The van der Waals surface area contributed by atoms with Gasteiger partial charge in [0.1, 0.15) is 17.5 Å². The lowest BCUT2D eigenvalue weighted by Gasteiger charge is -2.20. The summed E-state index contributed by atoms with van der Waals surface area (Å²) in [6, 6.07) is 14.9. The Morgan fingerprint density at radius 2 is 1.65 bits per heavy atom. The molecule has 0 radical (unpaired) electrons. The summed E-state index contributed by atoms with van der Waals surface area (Å²) in [7, 11) is 0. The highest BCUT2D eigenvalue weighted by Gasteiger charge is 2.12. The van der Waals surface area contributed by atoms with Gasteiger partial charge in [-0.05, 0) is 26.0 Å². The molecule has 0 atom stereocenters. The molecule has 2 aromatic carbocycles. The molecular formula is C20H20F2N4. The summed E-state index contributed by atoms with van der Waals surface area (Å²) < 4.78 is 27.1. The van der Waals surface area contributed by atoms with E-state index >= 15 is 0 Å². The first-order chi connectivity index (χ1) is 12.6. The molecule has 0 aliphatic heterocycles. The van der Waals surface area contributed by atoms with E-state index in [0.29, 0.717) is 11.8 Å². The lowest BCUT2D eigenvalue weighted by atomic mass is 10.1. The second-order valence-electron chi connectivity index (χ2n) is 5.73. The van der Waals surface area contributed by atoms with Crippen molar-refractivity contribution in [2.75, 3.05) is 23.3 Å². The second-order valence-corrected chi connectivity index (χ2v) is 5.73. The molecule has 0 unspecified atom stereocenters. The minimum Gasteiger partial charge on any atom is -0.341 e. The number of nitrogens with zero attached hydrogens (tertiary/aromatic N) is 3. The summed E-state index contributed by atoms with van der Waals surface area (Å²) in [5.74, 6) is -0.286. The molecule has 3 rings (SSSR count). The van der Waals surface area contributed by atoms with Crippen LogP contribution in [0, 0.1) is 11.6 Å². The Kier molecular flexibility index (Phi) is 5.41. The van der Waals surface area contributed by atoms with Crippen molar-refractivity contribution in [1.82, 2.24) is 9.97 Å². The normalized spacial score (nSPS) is 10.6. The summed E-state index contributed by atoms with van der Waals surface area (Å²) in [5, 5.41) is 2.93. The van der Waals surface area contributed by atoms with Gasteiger partial charge in [-0.25, -0.2) is 13.8 Å². The Bertz CT molecular complexity index is 880. The highest BCUT2D eigenvalue weighted by molar-refractivity contribution is 5.67. The van der Waals surface area contributed by atoms with Gasteiger partial charge in [0.15, 0.2) is 0 Å². The molecule has 0 bridgehead atoms. The SMILES string of the molecule is CCN(CC)c1nc(Nc2ccc(F)cc2F)cc(-c2ccccc2)n1. The lowest BCUT2D eigenvalue weighted by molar-refractivity contribution is 0.586. The molecule has 1 heterocycles. The summed E-state index contributed by atoms with van der Waals surface area (Å²) in [5.41, 5.74) is 1.83. The third-order valence-electron chi connectivity index (χ3n) is 4.02. The topological polar surface area (TPSA) is 41.1 Å². The summed E-state index contributed by atoms with van der Waals surface area (Å²) in [4.78, 5) is 11.2. The van der Waals surface area contributed by atoms with Crippen molar-refractivity contribution in [2.24, 2.45) is 0 Å². The third kappa shape index (κ3) is 3.96. The number of rotatable bonds is 6. The minimum atomic E-state index is -0.672. The van der Waals surface area contributed by atoms with Crippen LogP contribution in [0.1, 0.15) is 13.8 Å².